The maximum atomic E-state index is 13.1. The van der Waals surface area contributed by atoms with Gasteiger partial charge >= 0.3 is 0 Å². The predicted molar refractivity (Wildman–Crippen MR) is 121 cm³/mol. The lowest BCUT2D eigenvalue weighted by atomic mass is 9.95. The molecule has 0 radical (unpaired) electrons. The third-order valence-corrected chi connectivity index (χ3v) is 7.78. The molecule has 0 amide bonds. The Labute approximate surface area is 175 Å². The molecule has 0 spiro atoms. The average molecular weight is 407 g/mol. The van der Waals surface area contributed by atoms with Gasteiger partial charge < -0.3 is 0 Å². The van der Waals surface area contributed by atoms with Crippen LogP contribution in [-0.2, 0) is 22.7 Å². The minimum absolute atomic E-state index is 0.360. The van der Waals surface area contributed by atoms with E-state index < -0.39 is 9.84 Å². The Morgan fingerprint density at radius 3 is 1.62 bits per heavy atom. The SMILES string of the molecule is Cc1ccc(S(=O)(=O)c2ccc(CCc3cc(C)c(C)cc3C)c(C)c2)cc1C. The molecule has 0 heterocycles. The molecule has 0 fully saturated rings. The van der Waals surface area contributed by atoms with Crippen LogP contribution in [0.5, 0.6) is 0 Å². The summed E-state index contributed by atoms with van der Waals surface area (Å²) in [5, 5.41) is 0. The molecule has 3 aromatic rings. The van der Waals surface area contributed by atoms with Crippen molar-refractivity contribution in [2.75, 3.05) is 0 Å². The van der Waals surface area contributed by atoms with Crippen LogP contribution in [0.4, 0.5) is 0 Å². The highest BCUT2D eigenvalue weighted by molar-refractivity contribution is 7.91. The van der Waals surface area contributed by atoms with Crippen molar-refractivity contribution in [3.63, 3.8) is 0 Å². The zero-order valence-corrected chi connectivity index (χ0v) is 19.1. The van der Waals surface area contributed by atoms with Gasteiger partial charge in [0, 0.05) is 0 Å². The molecule has 29 heavy (non-hydrogen) atoms. The fourth-order valence-electron chi connectivity index (χ4n) is 3.69. The molecule has 0 saturated carbocycles. The number of aryl methyl sites for hydroxylation is 8. The average Bonchev–Trinajstić information content (AvgIpc) is 2.66. The fourth-order valence-corrected chi connectivity index (χ4v) is 5.12. The summed E-state index contributed by atoms with van der Waals surface area (Å²) in [4.78, 5) is 0.725. The highest BCUT2D eigenvalue weighted by Crippen LogP contribution is 2.26. The van der Waals surface area contributed by atoms with Crippen molar-refractivity contribution < 1.29 is 8.42 Å². The second-order valence-corrected chi connectivity index (χ2v) is 10.2. The van der Waals surface area contributed by atoms with Gasteiger partial charge in [0.2, 0.25) is 9.84 Å². The number of rotatable bonds is 5. The molecule has 0 aliphatic heterocycles. The molecule has 0 bridgehead atoms. The standard InChI is InChI=1S/C26H30O2S/c1-17-7-11-25(15-20(17)4)29(27,28)26-12-10-23(22(6)16-26)8-9-24-14-19(3)18(2)13-21(24)5/h7,10-16H,8-9H2,1-6H3. The predicted octanol–water partition coefficient (Wildman–Crippen LogP) is 6.16. The lowest BCUT2D eigenvalue weighted by Gasteiger charge is -2.13. The molecule has 0 atom stereocenters. The molecule has 152 valence electrons. The maximum Gasteiger partial charge on any atom is 0.206 e. The lowest BCUT2D eigenvalue weighted by Crippen LogP contribution is -2.05. The van der Waals surface area contributed by atoms with E-state index in [0.29, 0.717) is 9.79 Å². The molecule has 2 nitrogen and oxygen atoms in total. The Balaban J connectivity index is 1.85. The zero-order chi connectivity index (χ0) is 21.3. The van der Waals surface area contributed by atoms with Gasteiger partial charge in [0.1, 0.15) is 0 Å². The lowest BCUT2D eigenvalue weighted by molar-refractivity contribution is 0.596. The van der Waals surface area contributed by atoms with Crippen molar-refractivity contribution in [2.24, 2.45) is 0 Å². The second kappa shape index (κ2) is 8.16. The van der Waals surface area contributed by atoms with E-state index in [9.17, 15) is 8.42 Å². The van der Waals surface area contributed by atoms with E-state index in [4.69, 9.17) is 0 Å². The van der Waals surface area contributed by atoms with Crippen LogP contribution in [0.25, 0.3) is 0 Å². The van der Waals surface area contributed by atoms with Gasteiger partial charge in [0.05, 0.1) is 9.79 Å². The first-order valence-electron chi connectivity index (χ1n) is 10.1. The molecular weight excluding hydrogens is 376 g/mol. The molecule has 0 aromatic heterocycles. The molecule has 3 aromatic carbocycles. The van der Waals surface area contributed by atoms with Crippen LogP contribution in [0.1, 0.15) is 44.5 Å². The zero-order valence-electron chi connectivity index (χ0n) is 18.3. The third-order valence-electron chi connectivity index (χ3n) is 6.03. The second-order valence-electron chi connectivity index (χ2n) is 8.20. The highest BCUT2D eigenvalue weighted by Gasteiger charge is 2.19. The normalized spacial score (nSPS) is 11.7. The number of benzene rings is 3. The van der Waals surface area contributed by atoms with Crippen molar-refractivity contribution in [1.29, 1.82) is 0 Å². The van der Waals surface area contributed by atoms with Gasteiger partial charge in [0.25, 0.3) is 0 Å². The minimum atomic E-state index is -3.50. The van der Waals surface area contributed by atoms with Gasteiger partial charge in [-0.05, 0) is 123 Å². The number of hydrogen-bond acceptors (Lipinski definition) is 2. The molecule has 3 rings (SSSR count). The molecule has 0 aliphatic carbocycles. The van der Waals surface area contributed by atoms with Crippen LogP contribution in [0.2, 0.25) is 0 Å². The summed E-state index contributed by atoms with van der Waals surface area (Å²) in [5.41, 5.74) is 9.62. The van der Waals surface area contributed by atoms with E-state index in [1.165, 1.54) is 27.8 Å². The van der Waals surface area contributed by atoms with E-state index in [1.54, 1.807) is 18.2 Å². The Hall–Kier alpha value is -2.39. The van der Waals surface area contributed by atoms with E-state index in [2.05, 4.69) is 32.9 Å². The Kier molecular flexibility index (Phi) is 6.00. The summed E-state index contributed by atoms with van der Waals surface area (Å²) in [5.74, 6) is 0. The van der Waals surface area contributed by atoms with Gasteiger partial charge in [-0.1, -0.05) is 24.3 Å². The van der Waals surface area contributed by atoms with Crippen LogP contribution in [0.3, 0.4) is 0 Å². The Morgan fingerprint density at radius 1 is 0.517 bits per heavy atom. The van der Waals surface area contributed by atoms with Crippen LogP contribution < -0.4 is 0 Å². The van der Waals surface area contributed by atoms with Crippen LogP contribution in [0, 0.1) is 41.5 Å². The summed E-state index contributed by atoms with van der Waals surface area (Å²) >= 11 is 0. The highest BCUT2D eigenvalue weighted by atomic mass is 32.2. The first-order valence-corrected chi connectivity index (χ1v) is 11.6. The van der Waals surface area contributed by atoms with E-state index in [-0.39, 0.29) is 0 Å². The smallest absolute Gasteiger partial charge is 0.206 e. The molecule has 0 N–H and O–H groups in total. The Morgan fingerprint density at radius 2 is 1.00 bits per heavy atom. The van der Waals surface area contributed by atoms with Crippen LogP contribution in [0.15, 0.2) is 58.3 Å². The number of sulfone groups is 1. The summed E-state index contributed by atoms with van der Waals surface area (Å²) in [6.07, 6.45) is 1.86. The topological polar surface area (TPSA) is 34.1 Å². The quantitative estimate of drug-likeness (QED) is 0.509. The van der Waals surface area contributed by atoms with Gasteiger partial charge in [0.15, 0.2) is 0 Å². The van der Waals surface area contributed by atoms with Crippen molar-refractivity contribution in [3.8, 4) is 0 Å². The summed E-state index contributed by atoms with van der Waals surface area (Å²) in [7, 11) is -3.50. The largest absolute Gasteiger partial charge is 0.219 e. The van der Waals surface area contributed by atoms with E-state index in [1.807, 2.05) is 39.0 Å². The van der Waals surface area contributed by atoms with Gasteiger partial charge in [-0.2, -0.15) is 0 Å². The van der Waals surface area contributed by atoms with Crippen molar-refractivity contribution in [3.05, 3.63) is 93.0 Å². The van der Waals surface area contributed by atoms with Gasteiger partial charge in [-0.15, -0.1) is 0 Å². The third kappa shape index (κ3) is 4.45. The van der Waals surface area contributed by atoms with Crippen LogP contribution in [-0.4, -0.2) is 8.42 Å². The van der Waals surface area contributed by atoms with Crippen LogP contribution >= 0.6 is 0 Å². The summed E-state index contributed by atoms with van der Waals surface area (Å²) < 4.78 is 26.1. The first kappa shape index (κ1) is 21.3. The molecule has 0 aliphatic rings. The molecule has 3 heteroatoms. The minimum Gasteiger partial charge on any atom is -0.219 e. The maximum absolute atomic E-state index is 13.1. The molecule has 0 saturated heterocycles. The summed E-state index contributed by atoms with van der Waals surface area (Å²) in [6.45, 7) is 12.4. The Bertz CT molecular complexity index is 1170. The molecule has 0 unspecified atom stereocenters. The van der Waals surface area contributed by atoms with Crippen molar-refractivity contribution >= 4 is 9.84 Å². The van der Waals surface area contributed by atoms with Gasteiger partial charge in [-0.25, -0.2) is 8.42 Å². The van der Waals surface area contributed by atoms with Crippen molar-refractivity contribution in [1.82, 2.24) is 0 Å². The van der Waals surface area contributed by atoms with E-state index >= 15 is 0 Å². The fraction of sp³-hybridized carbons (Fsp3) is 0.308. The summed E-state index contributed by atoms with van der Waals surface area (Å²) in [6, 6.07) is 15.4. The number of hydrogen-bond donors (Lipinski definition) is 0. The monoisotopic (exact) mass is 406 g/mol. The molecular formula is C26H30O2S. The van der Waals surface area contributed by atoms with Crippen molar-refractivity contribution in [2.45, 2.75) is 64.2 Å². The van der Waals surface area contributed by atoms with Gasteiger partial charge in [-0.3, -0.25) is 0 Å². The van der Waals surface area contributed by atoms with E-state index in [0.717, 1.165) is 29.5 Å². The first-order chi connectivity index (χ1) is 13.6.